The highest BCUT2D eigenvalue weighted by Gasteiger charge is 2.35. The Morgan fingerprint density at radius 2 is 2.12 bits per heavy atom. The molecule has 2 aromatic rings. The second kappa shape index (κ2) is 7.68. The Labute approximate surface area is 149 Å². The van der Waals surface area contributed by atoms with Gasteiger partial charge in [0.1, 0.15) is 6.33 Å². The number of hydrogen-bond donors (Lipinski definition) is 2. The summed E-state index contributed by atoms with van der Waals surface area (Å²) in [6, 6.07) is 0. The summed E-state index contributed by atoms with van der Waals surface area (Å²) in [6.07, 6.45) is 7.43. The molecule has 9 nitrogen and oxygen atoms in total. The van der Waals surface area contributed by atoms with E-state index in [0.717, 1.165) is 25.7 Å². The fourth-order valence-electron chi connectivity index (χ4n) is 3.42. The first-order valence-corrected chi connectivity index (χ1v) is 9.16. The summed E-state index contributed by atoms with van der Waals surface area (Å²) >= 11 is 1.30. The number of nitrogens with zero attached hydrogens (tertiary/aromatic N) is 5. The van der Waals surface area contributed by atoms with E-state index in [9.17, 15) is 9.59 Å². The molecule has 0 radical (unpaired) electrons. The lowest BCUT2D eigenvalue weighted by molar-refractivity contribution is -0.119. The van der Waals surface area contributed by atoms with Crippen LogP contribution in [0.1, 0.15) is 44.2 Å². The van der Waals surface area contributed by atoms with E-state index in [1.54, 1.807) is 16.4 Å². The minimum atomic E-state index is -0.439. The maximum Gasteiger partial charge on any atom is 0.226 e. The molecule has 0 spiro atoms. The highest BCUT2D eigenvalue weighted by molar-refractivity contribution is 7.13. The molecule has 0 bridgehead atoms. The lowest BCUT2D eigenvalue weighted by Crippen LogP contribution is -2.34. The summed E-state index contributed by atoms with van der Waals surface area (Å²) in [6.45, 7) is 0.637. The lowest BCUT2D eigenvalue weighted by Gasteiger charge is -2.36. The van der Waals surface area contributed by atoms with Crippen molar-refractivity contribution in [3.8, 4) is 0 Å². The predicted octanol–water partition coefficient (Wildman–Crippen LogP) is 1.14. The first-order valence-electron chi connectivity index (χ1n) is 8.28. The standard InChI is InChI=1S/C15H21N7O2S/c16-12(23)6-11-8-25-14(18-11)19-13(24)7-15(4-2-1-3-5-15)9-22-10-17-20-21-22/h8,10H,1-7,9H2,(H2,16,23)(H,18,19,24). The molecule has 1 aliphatic rings. The maximum atomic E-state index is 12.5. The van der Waals surface area contributed by atoms with Crippen LogP contribution in [0.2, 0.25) is 0 Å². The minimum absolute atomic E-state index is 0.0741. The molecule has 3 N–H and O–H groups in total. The van der Waals surface area contributed by atoms with Gasteiger partial charge in [-0.2, -0.15) is 0 Å². The molecule has 0 atom stereocenters. The van der Waals surface area contributed by atoms with Gasteiger partial charge >= 0.3 is 0 Å². The van der Waals surface area contributed by atoms with Gasteiger partial charge in [0, 0.05) is 11.8 Å². The average molecular weight is 363 g/mol. The van der Waals surface area contributed by atoms with Gasteiger partial charge in [-0.1, -0.05) is 19.3 Å². The van der Waals surface area contributed by atoms with E-state index in [1.807, 2.05) is 0 Å². The monoisotopic (exact) mass is 363 g/mol. The minimum Gasteiger partial charge on any atom is -0.369 e. The van der Waals surface area contributed by atoms with Crippen LogP contribution in [0.4, 0.5) is 5.13 Å². The summed E-state index contributed by atoms with van der Waals surface area (Å²) in [5.41, 5.74) is 5.60. The summed E-state index contributed by atoms with van der Waals surface area (Å²) in [5, 5.41) is 16.4. The number of carbonyl (C=O) groups is 2. The topological polar surface area (TPSA) is 129 Å². The Hall–Kier alpha value is -2.36. The zero-order chi connectivity index (χ0) is 17.7. The van der Waals surface area contributed by atoms with Crippen LogP contribution in [0.25, 0.3) is 0 Å². The fraction of sp³-hybridized carbons (Fsp3) is 0.600. The number of anilines is 1. The fourth-order valence-corrected chi connectivity index (χ4v) is 4.14. The van der Waals surface area contributed by atoms with Crippen LogP contribution in [-0.2, 0) is 22.6 Å². The molecule has 0 saturated heterocycles. The zero-order valence-corrected chi connectivity index (χ0v) is 14.7. The molecule has 1 aliphatic carbocycles. The molecular formula is C15H21N7O2S. The summed E-state index contributed by atoms with van der Waals surface area (Å²) in [4.78, 5) is 27.7. The Balaban J connectivity index is 1.63. The van der Waals surface area contributed by atoms with E-state index in [2.05, 4.69) is 25.8 Å². The van der Waals surface area contributed by atoms with Crippen LogP contribution in [-0.4, -0.2) is 37.0 Å². The third-order valence-corrected chi connectivity index (χ3v) is 5.30. The normalized spacial score (nSPS) is 16.5. The molecule has 3 rings (SSSR count). The number of tetrazole rings is 1. The van der Waals surface area contributed by atoms with Crippen molar-refractivity contribution in [3.63, 3.8) is 0 Å². The van der Waals surface area contributed by atoms with E-state index in [1.165, 1.54) is 17.8 Å². The second-order valence-electron chi connectivity index (χ2n) is 6.58. The van der Waals surface area contributed by atoms with Gasteiger partial charge in [-0.25, -0.2) is 9.67 Å². The number of nitrogens with one attached hydrogen (secondary N) is 1. The van der Waals surface area contributed by atoms with Gasteiger partial charge < -0.3 is 11.1 Å². The van der Waals surface area contributed by atoms with Crippen molar-refractivity contribution in [2.75, 3.05) is 5.32 Å². The van der Waals surface area contributed by atoms with Gasteiger partial charge in [0.15, 0.2) is 5.13 Å². The molecule has 10 heteroatoms. The van der Waals surface area contributed by atoms with Crippen molar-refractivity contribution in [3.05, 3.63) is 17.4 Å². The van der Waals surface area contributed by atoms with Crippen LogP contribution in [0.5, 0.6) is 0 Å². The van der Waals surface area contributed by atoms with Crippen molar-refractivity contribution < 1.29 is 9.59 Å². The van der Waals surface area contributed by atoms with Crippen molar-refractivity contribution in [2.24, 2.45) is 11.1 Å². The van der Waals surface area contributed by atoms with Crippen LogP contribution < -0.4 is 11.1 Å². The van der Waals surface area contributed by atoms with Gasteiger partial charge in [-0.05, 0) is 28.7 Å². The van der Waals surface area contributed by atoms with E-state index < -0.39 is 5.91 Å². The van der Waals surface area contributed by atoms with E-state index in [4.69, 9.17) is 5.73 Å². The van der Waals surface area contributed by atoms with E-state index >= 15 is 0 Å². The predicted molar refractivity (Wildman–Crippen MR) is 91.6 cm³/mol. The quantitative estimate of drug-likeness (QED) is 0.759. The number of hydrogen-bond acceptors (Lipinski definition) is 7. The molecule has 2 heterocycles. The summed E-state index contributed by atoms with van der Waals surface area (Å²) in [7, 11) is 0. The number of aromatic nitrogens is 5. The van der Waals surface area contributed by atoms with Gasteiger partial charge in [0.05, 0.1) is 18.7 Å². The zero-order valence-electron chi connectivity index (χ0n) is 13.8. The molecule has 2 amide bonds. The van der Waals surface area contributed by atoms with Crippen molar-refractivity contribution in [2.45, 2.75) is 51.5 Å². The van der Waals surface area contributed by atoms with Gasteiger partial charge in [0.25, 0.3) is 0 Å². The van der Waals surface area contributed by atoms with Crippen molar-refractivity contribution in [1.82, 2.24) is 25.2 Å². The van der Waals surface area contributed by atoms with Crippen molar-refractivity contribution in [1.29, 1.82) is 0 Å². The van der Waals surface area contributed by atoms with Crippen molar-refractivity contribution >= 4 is 28.3 Å². The Kier molecular flexibility index (Phi) is 5.37. The molecule has 0 aromatic carbocycles. The SMILES string of the molecule is NC(=O)Cc1csc(NC(=O)CC2(Cn3cnnn3)CCCCC2)n1. The Bertz CT molecular complexity index is 722. The average Bonchev–Trinajstić information content (AvgIpc) is 3.19. The van der Waals surface area contributed by atoms with Gasteiger partial charge in [-0.15, -0.1) is 16.4 Å². The molecule has 2 aromatic heterocycles. The van der Waals surface area contributed by atoms with Crippen LogP contribution in [0, 0.1) is 5.41 Å². The first-order chi connectivity index (χ1) is 12.0. The molecule has 1 saturated carbocycles. The Morgan fingerprint density at radius 3 is 2.80 bits per heavy atom. The molecule has 1 fully saturated rings. The summed E-state index contributed by atoms with van der Waals surface area (Å²) in [5.74, 6) is -0.513. The largest absolute Gasteiger partial charge is 0.369 e. The smallest absolute Gasteiger partial charge is 0.226 e. The third-order valence-electron chi connectivity index (χ3n) is 4.49. The number of primary amides is 1. The maximum absolute atomic E-state index is 12.5. The third kappa shape index (κ3) is 4.81. The van der Waals surface area contributed by atoms with Crippen LogP contribution >= 0.6 is 11.3 Å². The first kappa shape index (κ1) is 17.5. The molecule has 0 aliphatic heterocycles. The van der Waals surface area contributed by atoms with Crippen LogP contribution in [0.15, 0.2) is 11.7 Å². The highest BCUT2D eigenvalue weighted by atomic mass is 32.1. The second-order valence-corrected chi connectivity index (χ2v) is 7.44. The van der Waals surface area contributed by atoms with Gasteiger partial charge in [0.2, 0.25) is 11.8 Å². The molecular weight excluding hydrogens is 342 g/mol. The van der Waals surface area contributed by atoms with Gasteiger partial charge in [-0.3, -0.25) is 9.59 Å². The number of thiazole rings is 1. The van der Waals surface area contributed by atoms with E-state index in [-0.39, 0.29) is 17.7 Å². The number of carbonyl (C=O) groups excluding carboxylic acids is 2. The highest BCUT2D eigenvalue weighted by Crippen LogP contribution is 2.41. The lowest BCUT2D eigenvalue weighted by atomic mass is 9.71. The van der Waals surface area contributed by atoms with E-state index in [0.29, 0.717) is 23.8 Å². The molecule has 25 heavy (non-hydrogen) atoms. The number of amides is 2. The molecule has 134 valence electrons. The Morgan fingerprint density at radius 1 is 1.32 bits per heavy atom. The van der Waals surface area contributed by atoms with Crippen LogP contribution in [0.3, 0.4) is 0 Å². The molecule has 0 unspecified atom stereocenters. The number of nitrogens with two attached hydrogens (primary N) is 1. The number of rotatable bonds is 7. The summed E-state index contributed by atoms with van der Waals surface area (Å²) < 4.78 is 1.70.